The van der Waals surface area contributed by atoms with Crippen molar-refractivity contribution < 1.29 is 27.0 Å². The molecule has 0 aliphatic rings. The van der Waals surface area contributed by atoms with Gasteiger partial charge in [0.25, 0.3) is 6.26 Å². The summed E-state index contributed by atoms with van der Waals surface area (Å²) in [7, 11) is -5.20. The van der Waals surface area contributed by atoms with Crippen molar-refractivity contribution >= 4 is 16.5 Å². The molecule has 0 saturated heterocycles. The minimum Gasteiger partial charge on any atom is -0.337 e. The molecule has 0 aliphatic heterocycles. The van der Waals surface area contributed by atoms with Crippen molar-refractivity contribution in [2.75, 3.05) is 0 Å². The molecule has 9 heteroatoms. The zero-order chi connectivity index (χ0) is 8.41. The van der Waals surface area contributed by atoms with Crippen molar-refractivity contribution in [2.24, 2.45) is 0 Å². The second-order valence-electron chi connectivity index (χ2n) is 1.10. The maximum Gasteiger partial charge on any atom is 0.528 e. The Kier molecular flexibility index (Phi) is 2.40. The van der Waals surface area contributed by atoms with E-state index in [1.54, 1.807) is 0 Å². The largest absolute Gasteiger partial charge is 0.528 e. The molecule has 0 amide bonds. The summed E-state index contributed by atoms with van der Waals surface area (Å²) < 4.78 is 40.8. The fourth-order valence-electron chi connectivity index (χ4n) is 0.0987. The van der Waals surface area contributed by atoms with Crippen LogP contribution < -0.4 is 0 Å². The minimum absolute atomic E-state index is 0.662. The van der Waals surface area contributed by atoms with Crippen molar-refractivity contribution in [1.29, 1.82) is 5.26 Å². The predicted molar refractivity (Wildman–Crippen MR) is 28.1 cm³/mol. The van der Waals surface area contributed by atoms with E-state index in [1.165, 1.54) is 0 Å². The lowest BCUT2D eigenvalue weighted by molar-refractivity contribution is 0.365. The van der Waals surface area contributed by atoms with Gasteiger partial charge in [0.1, 0.15) is 0 Å². The number of hydrogen-bond acceptors (Lipinski definition) is 5. The van der Waals surface area contributed by atoms with E-state index in [-0.39, 0.29) is 0 Å². The Bertz CT molecular complexity index is 296. The van der Waals surface area contributed by atoms with Crippen LogP contribution in [0.1, 0.15) is 0 Å². The smallest absolute Gasteiger partial charge is 0.337 e. The molecule has 7 nitrogen and oxygen atoms in total. The van der Waals surface area contributed by atoms with Gasteiger partial charge in [-0.15, -0.1) is 5.26 Å². The summed E-state index contributed by atoms with van der Waals surface area (Å²) in [4.78, 5) is 8.12. The van der Waals surface area contributed by atoms with Gasteiger partial charge in [0.15, 0.2) is 0 Å². The van der Waals surface area contributed by atoms with Gasteiger partial charge >= 0.3 is 16.5 Å². The summed E-state index contributed by atoms with van der Waals surface area (Å²) in [6.45, 7) is -5.21. The van der Waals surface area contributed by atoms with Crippen LogP contribution in [0.25, 0.3) is 0 Å². The molecule has 0 aliphatic carbocycles. The van der Waals surface area contributed by atoms with Crippen LogP contribution in [0.4, 0.5) is 0 Å². The number of hydrogen-bond donors (Lipinski definition) is 2. The molecule has 0 heterocycles. The van der Waals surface area contributed by atoms with Gasteiger partial charge in [0.2, 0.25) is 0 Å². The summed E-state index contributed by atoms with van der Waals surface area (Å²) in [5.41, 5.74) is 0. The molecule has 2 N–H and O–H groups in total. The molecule has 0 aromatic carbocycles. The molecule has 0 radical (unpaired) electrons. The normalized spacial score (nSPS) is 16.9. The number of nitriles is 1. The third-order valence-electron chi connectivity index (χ3n) is 0.448. The van der Waals surface area contributed by atoms with E-state index in [0.717, 1.165) is 0 Å². The van der Waals surface area contributed by atoms with Crippen LogP contribution >= 0.6 is 6.80 Å². The van der Waals surface area contributed by atoms with E-state index in [1.807, 2.05) is 0 Å². The van der Waals surface area contributed by atoms with E-state index in [2.05, 4.69) is 4.52 Å². The Morgan fingerprint density at radius 1 is 1.60 bits per heavy atom. The molecule has 0 aromatic rings. The van der Waals surface area contributed by atoms with Gasteiger partial charge in [-0.25, -0.2) is 4.57 Å². The Labute approximate surface area is 55.9 Å². The highest BCUT2D eigenvalue weighted by Gasteiger charge is 2.37. The fourth-order valence-corrected chi connectivity index (χ4v) is 0.679. The highest BCUT2D eigenvalue weighted by atomic mass is 32.8. The average molecular weight is 187 g/mol. The first-order valence-corrected chi connectivity index (χ1v) is 5.31. The van der Waals surface area contributed by atoms with Gasteiger partial charge in [0.05, 0.1) is 0 Å². The molecular formula is CH2NO6PS. The van der Waals surface area contributed by atoms with Gasteiger partial charge in [-0.2, -0.15) is 8.42 Å². The lowest BCUT2D eigenvalue weighted by Crippen LogP contribution is -1.99. The van der Waals surface area contributed by atoms with Gasteiger partial charge in [-0.05, 0) is 0 Å². The molecule has 1 atom stereocenters. The SMILES string of the molecule is N#COP(=O)(O)S(=O)(=O)O. The first-order valence-electron chi connectivity index (χ1n) is 1.69. The van der Waals surface area contributed by atoms with Gasteiger partial charge in [0, 0.05) is 0 Å². The van der Waals surface area contributed by atoms with Crippen LogP contribution in [0, 0.1) is 11.5 Å². The zero-order valence-corrected chi connectivity index (χ0v) is 6.04. The Balaban J connectivity index is 4.83. The summed E-state index contributed by atoms with van der Waals surface area (Å²) >= 11 is 0. The molecule has 58 valence electrons. The van der Waals surface area contributed by atoms with Crippen LogP contribution in [-0.2, 0) is 18.8 Å². The molecule has 0 saturated carbocycles. The minimum atomic E-state index is -5.21. The summed E-state index contributed by atoms with van der Waals surface area (Å²) in [6, 6.07) is 0. The quantitative estimate of drug-likeness (QED) is 0.338. The lowest BCUT2D eigenvalue weighted by atomic mass is 11.6. The third kappa shape index (κ3) is 1.97. The van der Waals surface area contributed by atoms with E-state index in [4.69, 9.17) is 14.7 Å². The van der Waals surface area contributed by atoms with Gasteiger partial charge in [-0.1, -0.05) is 0 Å². The maximum absolute atomic E-state index is 10.1. The van der Waals surface area contributed by atoms with E-state index >= 15 is 0 Å². The first kappa shape index (κ1) is 9.39. The number of nitrogens with zero attached hydrogens (tertiary/aromatic N) is 1. The van der Waals surface area contributed by atoms with Crippen molar-refractivity contribution in [3.05, 3.63) is 0 Å². The van der Waals surface area contributed by atoms with E-state index in [0.29, 0.717) is 6.26 Å². The van der Waals surface area contributed by atoms with Crippen LogP contribution in [0.2, 0.25) is 0 Å². The lowest BCUT2D eigenvalue weighted by Gasteiger charge is -1.99. The summed E-state index contributed by atoms with van der Waals surface area (Å²) in [5, 5.41) is 7.59. The van der Waals surface area contributed by atoms with Crippen molar-refractivity contribution in [1.82, 2.24) is 0 Å². The molecule has 0 aromatic heterocycles. The van der Waals surface area contributed by atoms with Crippen LogP contribution in [0.5, 0.6) is 0 Å². The monoisotopic (exact) mass is 187 g/mol. The predicted octanol–water partition coefficient (Wildman–Crippen LogP) is -0.528. The van der Waals surface area contributed by atoms with Crippen molar-refractivity contribution in [2.45, 2.75) is 0 Å². The molecule has 0 spiro atoms. The van der Waals surface area contributed by atoms with Crippen molar-refractivity contribution in [3.63, 3.8) is 0 Å². The Hall–Kier alpha value is -0.610. The third-order valence-corrected chi connectivity index (χ3v) is 3.32. The van der Waals surface area contributed by atoms with Crippen LogP contribution in [-0.4, -0.2) is 17.9 Å². The second-order valence-corrected chi connectivity index (χ2v) is 5.88. The number of rotatable bonds is 2. The van der Waals surface area contributed by atoms with Gasteiger partial charge in [-0.3, -0.25) is 4.55 Å². The molecule has 10 heavy (non-hydrogen) atoms. The Morgan fingerprint density at radius 2 is 2.00 bits per heavy atom. The Morgan fingerprint density at radius 3 is 2.10 bits per heavy atom. The standard InChI is InChI=1S/CH2NO6PS/c2-1-8-9(3,4)10(5,6)7/h(H,3,4)(H,5,6,7). The van der Waals surface area contributed by atoms with Gasteiger partial charge < -0.3 is 9.42 Å². The molecule has 1 unspecified atom stereocenters. The summed E-state index contributed by atoms with van der Waals surface area (Å²) in [5.74, 6) is 0. The van der Waals surface area contributed by atoms with Crippen LogP contribution in [0.15, 0.2) is 0 Å². The highest BCUT2D eigenvalue weighted by Crippen LogP contribution is 2.47. The molecule has 0 fully saturated rings. The molecule has 0 rings (SSSR count). The fraction of sp³-hybridized carbons (Fsp3) is 0. The summed E-state index contributed by atoms with van der Waals surface area (Å²) in [6.07, 6.45) is 0.662. The van der Waals surface area contributed by atoms with E-state index < -0.39 is 16.5 Å². The second kappa shape index (κ2) is 2.56. The van der Waals surface area contributed by atoms with Crippen LogP contribution in [0.3, 0.4) is 0 Å². The zero-order valence-electron chi connectivity index (χ0n) is 4.33. The van der Waals surface area contributed by atoms with Crippen molar-refractivity contribution in [3.8, 4) is 6.26 Å². The first-order chi connectivity index (χ1) is 4.31. The van der Waals surface area contributed by atoms with E-state index in [9.17, 15) is 13.0 Å². The highest BCUT2D eigenvalue weighted by molar-refractivity contribution is 8.46. The maximum atomic E-state index is 10.1. The topological polar surface area (TPSA) is 125 Å². The molecular weight excluding hydrogens is 185 g/mol. The molecule has 0 bridgehead atoms. The average Bonchev–Trinajstić information content (AvgIpc) is 1.61.